The lowest BCUT2D eigenvalue weighted by atomic mass is 9.70. The molecule has 0 saturated heterocycles. The predicted molar refractivity (Wildman–Crippen MR) is 95.4 cm³/mol. The monoisotopic (exact) mass is 334 g/mol. The third-order valence-electron chi connectivity index (χ3n) is 6.38. The van der Waals surface area contributed by atoms with E-state index in [-0.39, 0.29) is 17.5 Å². The minimum atomic E-state index is -1.44. The first-order valence-corrected chi connectivity index (χ1v) is 8.91. The number of hydrogen-bond acceptors (Lipinski definition) is 3. The van der Waals surface area contributed by atoms with Gasteiger partial charge in [0.2, 0.25) is 0 Å². The van der Waals surface area contributed by atoms with Crippen molar-refractivity contribution in [2.75, 3.05) is 0 Å². The number of hydrogen-bond donors (Lipinski definition) is 1. The van der Waals surface area contributed by atoms with Gasteiger partial charge in [-0.1, -0.05) is 67.9 Å². The maximum Gasteiger partial charge on any atom is 0.172 e. The Kier molecular flexibility index (Phi) is 3.48. The summed E-state index contributed by atoms with van der Waals surface area (Å²) < 4.78 is 0. The molecule has 0 amide bonds. The van der Waals surface area contributed by atoms with Crippen LogP contribution in [0.5, 0.6) is 0 Å². The van der Waals surface area contributed by atoms with Crippen LogP contribution in [-0.2, 0) is 5.60 Å². The van der Waals surface area contributed by atoms with Crippen molar-refractivity contribution in [2.24, 2.45) is 17.3 Å². The smallest absolute Gasteiger partial charge is 0.172 e. The summed E-state index contributed by atoms with van der Waals surface area (Å²) in [6, 6.07) is 16.3. The van der Waals surface area contributed by atoms with Crippen LogP contribution in [0, 0.1) is 17.3 Å². The van der Waals surface area contributed by atoms with Crippen LogP contribution in [0.2, 0.25) is 0 Å². The molecule has 2 aliphatic rings. The lowest BCUT2D eigenvalue weighted by Crippen LogP contribution is -2.46. The molecule has 0 aromatic heterocycles. The number of ketones is 2. The number of carbonyl (C=O) groups excluding carboxylic acids is 2. The molecule has 3 heteroatoms. The molecular weight excluding hydrogens is 312 g/mol. The fourth-order valence-electron chi connectivity index (χ4n) is 5.09. The van der Waals surface area contributed by atoms with Gasteiger partial charge in [0.25, 0.3) is 0 Å². The molecule has 1 saturated carbocycles. The van der Waals surface area contributed by atoms with Crippen molar-refractivity contribution in [3.05, 3.63) is 71.3 Å². The Balaban J connectivity index is 1.92. The minimum Gasteiger partial charge on any atom is -0.383 e. The molecule has 2 aromatic rings. The zero-order chi connectivity index (χ0) is 17.8. The van der Waals surface area contributed by atoms with Gasteiger partial charge in [0.15, 0.2) is 11.6 Å². The third kappa shape index (κ3) is 1.90. The highest BCUT2D eigenvalue weighted by Crippen LogP contribution is 2.65. The Bertz CT molecular complexity index is 857. The van der Waals surface area contributed by atoms with Gasteiger partial charge in [0.05, 0.1) is 11.3 Å². The summed E-state index contributed by atoms with van der Waals surface area (Å²) in [6.07, 6.45) is 1.30. The Morgan fingerprint density at radius 2 is 1.76 bits per heavy atom. The van der Waals surface area contributed by atoms with E-state index in [2.05, 4.69) is 0 Å². The number of rotatable bonds is 3. The number of aliphatic hydroxyl groups is 1. The molecule has 0 aliphatic heterocycles. The Labute approximate surface area is 147 Å². The second kappa shape index (κ2) is 5.37. The molecule has 128 valence electrons. The Morgan fingerprint density at radius 3 is 2.44 bits per heavy atom. The van der Waals surface area contributed by atoms with Crippen LogP contribution in [-0.4, -0.2) is 16.7 Å². The number of benzene rings is 2. The first-order valence-electron chi connectivity index (χ1n) is 8.91. The van der Waals surface area contributed by atoms with E-state index in [1.54, 1.807) is 18.2 Å². The average molecular weight is 334 g/mol. The predicted octanol–water partition coefficient (Wildman–Crippen LogP) is 4.01. The molecule has 1 N–H and O–H groups in total. The van der Waals surface area contributed by atoms with Crippen molar-refractivity contribution in [1.29, 1.82) is 0 Å². The van der Waals surface area contributed by atoms with Gasteiger partial charge in [-0.2, -0.15) is 0 Å². The van der Waals surface area contributed by atoms with Gasteiger partial charge in [-0.3, -0.25) is 9.59 Å². The molecule has 2 aromatic carbocycles. The van der Waals surface area contributed by atoms with E-state index < -0.39 is 16.9 Å². The molecule has 3 nitrogen and oxygen atoms in total. The SMILES string of the molecule is CCC1CC2(C)C(=O)c3ccccc3C2(O)C1C(=O)c1ccccc1. The highest BCUT2D eigenvalue weighted by Gasteiger charge is 2.70. The average Bonchev–Trinajstić information content (AvgIpc) is 2.98. The van der Waals surface area contributed by atoms with Crippen LogP contribution in [0.1, 0.15) is 53.0 Å². The van der Waals surface area contributed by atoms with Crippen molar-refractivity contribution < 1.29 is 14.7 Å². The molecule has 4 unspecified atom stereocenters. The third-order valence-corrected chi connectivity index (χ3v) is 6.38. The second-order valence-electron chi connectivity index (χ2n) is 7.55. The standard InChI is InChI=1S/C22H22O3/c1-3-14-13-21(2)20(24)16-11-7-8-12-17(16)22(21,25)18(14)19(23)15-9-5-4-6-10-15/h4-12,14,18,25H,3,13H2,1-2H3. The van der Waals surface area contributed by atoms with Gasteiger partial charge >= 0.3 is 0 Å². The van der Waals surface area contributed by atoms with E-state index in [4.69, 9.17) is 0 Å². The van der Waals surface area contributed by atoms with Crippen molar-refractivity contribution in [1.82, 2.24) is 0 Å². The summed E-state index contributed by atoms with van der Waals surface area (Å²) in [5, 5.41) is 11.9. The molecule has 0 spiro atoms. The summed E-state index contributed by atoms with van der Waals surface area (Å²) in [5.74, 6) is -0.715. The van der Waals surface area contributed by atoms with Gasteiger partial charge in [-0.25, -0.2) is 0 Å². The van der Waals surface area contributed by atoms with E-state index in [1.807, 2.05) is 50.2 Å². The first kappa shape index (κ1) is 16.2. The van der Waals surface area contributed by atoms with Gasteiger partial charge in [0.1, 0.15) is 5.60 Å². The maximum absolute atomic E-state index is 13.4. The van der Waals surface area contributed by atoms with E-state index in [9.17, 15) is 14.7 Å². The second-order valence-corrected chi connectivity index (χ2v) is 7.55. The molecular formula is C22H22O3. The topological polar surface area (TPSA) is 54.4 Å². The quantitative estimate of drug-likeness (QED) is 0.863. The Morgan fingerprint density at radius 1 is 1.12 bits per heavy atom. The van der Waals surface area contributed by atoms with Crippen LogP contribution in [0.3, 0.4) is 0 Å². The van der Waals surface area contributed by atoms with E-state index in [0.29, 0.717) is 23.1 Å². The summed E-state index contributed by atoms with van der Waals surface area (Å²) >= 11 is 0. The van der Waals surface area contributed by atoms with Gasteiger partial charge in [-0.05, 0) is 24.8 Å². The van der Waals surface area contributed by atoms with Crippen LogP contribution < -0.4 is 0 Å². The molecule has 0 bridgehead atoms. The van der Waals surface area contributed by atoms with Gasteiger partial charge in [0, 0.05) is 11.1 Å². The van der Waals surface area contributed by atoms with Gasteiger partial charge in [-0.15, -0.1) is 0 Å². The number of carbonyl (C=O) groups is 2. The normalized spacial score (nSPS) is 33.2. The van der Waals surface area contributed by atoms with Crippen molar-refractivity contribution in [3.8, 4) is 0 Å². The van der Waals surface area contributed by atoms with E-state index in [0.717, 1.165) is 6.42 Å². The maximum atomic E-state index is 13.4. The lowest BCUT2D eigenvalue weighted by Gasteiger charge is -2.36. The number of fused-ring (bicyclic) bond motifs is 3. The first-order chi connectivity index (χ1) is 11.9. The van der Waals surface area contributed by atoms with Gasteiger partial charge < -0.3 is 5.11 Å². The lowest BCUT2D eigenvalue weighted by molar-refractivity contribution is -0.0584. The number of Topliss-reactive ketones (excluding diaryl/α,β-unsaturated/α-hetero) is 2. The fourth-order valence-corrected chi connectivity index (χ4v) is 5.09. The largest absolute Gasteiger partial charge is 0.383 e. The zero-order valence-electron chi connectivity index (χ0n) is 14.5. The van der Waals surface area contributed by atoms with Crippen molar-refractivity contribution in [3.63, 3.8) is 0 Å². The molecule has 0 heterocycles. The highest BCUT2D eigenvalue weighted by atomic mass is 16.3. The van der Waals surface area contributed by atoms with Crippen LogP contribution in [0.25, 0.3) is 0 Å². The Hall–Kier alpha value is -2.26. The fraction of sp³-hybridized carbons (Fsp3) is 0.364. The van der Waals surface area contributed by atoms with Crippen molar-refractivity contribution in [2.45, 2.75) is 32.3 Å². The summed E-state index contributed by atoms with van der Waals surface area (Å²) in [6.45, 7) is 3.86. The molecule has 4 rings (SSSR count). The summed E-state index contributed by atoms with van der Waals surface area (Å²) in [7, 11) is 0. The minimum absolute atomic E-state index is 0.0139. The molecule has 0 radical (unpaired) electrons. The molecule has 1 fully saturated rings. The van der Waals surface area contributed by atoms with E-state index in [1.165, 1.54) is 0 Å². The highest BCUT2D eigenvalue weighted by molar-refractivity contribution is 6.09. The summed E-state index contributed by atoms with van der Waals surface area (Å²) in [5.41, 5.74) is -0.595. The van der Waals surface area contributed by atoms with Crippen LogP contribution in [0.4, 0.5) is 0 Å². The van der Waals surface area contributed by atoms with Crippen LogP contribution >= 0.6 is 0 Å². The zero-order valence-corrected chi connectivity index (χ0v) is 14.5. The van der Waals surface area contributed by atoms with Crippen molar-refractivity contribution >= 4 is 11.6 Å². The van der Waals surface area contributed by atoms with E-state index >= 15 is 0 Å². The molecule has 25 heavy (non-hydrogen) atoms. The molecule has 4 atom stereocenters. The molecule has 2 aliphatic carbocycles. The van der Waals surface area contributed by atoms with Crippen LogP contribution in [0.15, 0.2) is 54.6 Å². The summed E-state index contributed by atoms with van der Waals surface area (Å²) in [4.78, 5) is 26.5.